The summed E-state index contributed by atoms with van der Waals surface area (Å²) in [6, 6.07) is 15.5. The fraction of sp³-hybridized carbons (Fsp3) is 0.143. The van der Waals surface area contributed by atoms with Gasteiger partial charge in [0.15, 0.2) is 11.5 Å². The van der Waals surface area contributed by atoms with Gasteiger partial charge in [0.25, 0.3) is 11.8 Å². The van der Waals surface area contributed by atoms with Gasteiger partial charge in [0.05, 0.1) is 18.4 Å². The minimum atomic E-state index is -1.01. The maximum Gasteiger partial charge on any atom is 0.335 e. The molecule has 0 aromatic heterocycles. The summed E-state index contributed by atoms with van der Waals surface area (Å²) in [5.41, 5.74) is 3.50. The number of aryl methyl sites for hydroxylation is 2. The molecule has 1 aliphatic heterocycles. The molecule has 0 saturated carbocycles. The third kappa shape index (κ3) is 5.35. The zero-order chi connectivity index (χ0) is 26.7. The van der Waals surface area contributed by atoms with Gasteiger partial charge in [-0.15, -0.1) is 0 Å². The lowest BCUT2D eigenvalue weighted by molar-refractivity contribution is -0.122. The van der Waals surface area contributed by atoms with Gasteiger partial charge in [-0.3, -0.25) is 14.9 Å². The average Bonchev–Trinajstić information content (AvgIpc) is 2.87. The van der Waals surface area contributed by atoms with E-state index in [1.807, 2.05) is 13.8 Å². The van der Waals surface area contributed by atoms with Crippen molar-refractivity contribution in [2.75, 3.05) is 12.0 Å². The number of amides is 4. The zero-order valence-electron chi connectivity index (χ0n) is 20.4. The first-order chi connectivity index (χ1) is 17.7. The van der Waals surface area contributed by atoms with E-state index >= 15 is 0 Å². The Kier molecular flexibility index (Phi) is 7.06. The summed E-state index contributed by atoms with van der Waals surface area (Å²) in [5, 5.41) is 11.2. The molecule has 0 spiro atoms. The molecule has 0 radical (unpaired) electrons. The molecule has 0 bridgehead atoms. The SMILES string of the molecule is COc1cc(/C=C2/C(=O)NC(=O)N(c3ccc(C)c(C)c3)C2=O)ccc1OCc1ccc(C(=O)O)cc1. The Morgan fingerprint density at radius 2 is 1.68 bits per heavy atom. The van der Waals surface area contributed by atoms with Crippen LogP contribution in [0.1, 0.15) is 32.6 Å². The van der Waals surface area contributed by atoms with Crippen molar-refractivity contribution in [3.8, 4) is 11.5 Å². The number of benzene rings is 3. The Hall–Kier alpha value is -4.92. The highest BCUT2D eigenvalue weighted by atomic mass is 16.5. The lowest BCUT2D eigenvalue weighted by atomic mass is 10.0. The molecule has 9 heteroatoms. The third-order valence-electron chi connectivity index (χ3n) is 5.94. The molecule has 9 nitrogen and oxygen atoms in total. The van der Waals surface area contributed by atoms with Gasteiger partial charge in [-0.2, -0.15) is 0 Å². The Morgan fingerprint density at radius 1 is 0.946 bits per heavy atom. The molecule has 1 saturated heterocycles. The van der Waals surface area contributed by atoms with Crippen molar-refractivity contribution in [1.82, 2.24) is 5.32 Å². The summed E-state index contributed by atoms with van der Waals surface area (Å²) in [6.07, 6.45) is 1.38. The molecule has 1 aliphatic rings. The van der Waals surface area contributed by atoms with Crippen LogP contribution in [0, 0.1) is 13.8 Å². The molecule has 0 atom stereocenters. The third-order valence-corrected chi connectivity index (χ3v) is 5.94. The number of barbiturate groups is 1. The molecule has 0 aliphatic carbocycles. The van der Waals surface area contributed by atoms with Gasteiger partial charge in [-0.05, 0) is 78.6 Å². The predicted molar refractivity (Wildman–Crippen MR) is 136 cm³/mol. The summed E-state index contributed by atoms with van der Waals surface area (Å²) in [7, 11) is 1.46. The van der Waals surface area contributed by atoms with Crippen LogP contribution >= 0.6 is 0 Å². The molecule has 4 rings (SSSR count). The number of anilines is 1. The summed E-state index contributed by atoms with van der Waals surface area (Å²) < 4.78 is 11.2. The Morgan fingerprint density at radius 3 is 2.32 bits per heavy atom. The van der Waals surface area contributed by atoms with Gasteiger partial charge in [0, 0.05) is 0 Å². The van der Waals surface area contributed by atoms with E-state index in [1.165, 1.54) is 25.3 Å². The number of nitrogens with zero attached hydrogens (tertiary/aromatic N) is 1. The van der Waals surface area contributed by atoms with Gasteiger partial charge in [0.2, 0.25) is 0 Å². The fourth-order valence-corrected chi connectivity index (χ4v) is 3.72. The first-order valence-electron chi connectivity index (χ1n) is 11.3. The van der Waals surface area contributed by atoms with Gasteiger partial charge in [0.1, 0.15) is 12.2 Å². The number of carboxylic acids is 1. The molecule has 3 aromatic rings. The molecule has 0 unspecified atom stereocenters. The van der Waals surface area contributed by atoms with Gasteiger partial charge in [-0.1, -0.05) is 24.3 Å². The highest BCUT2D eigenvalue weighted by Gasteiger charge is 2.37. The summed E-state index contributed by atoms with van der Waals surface area (Å²) in [4.78, 5) is 50.1. The van der Waals surface area contributed by atoms with Crippen LogP contribution in [-0.2, 0) is 16.2 Å². The van der Waals surface area contributed by atoms with Crippen LogP contribution < -0.4 is 19.7 Å². The number of hydrogen-bond acceptors (Lipinski definition) is 6. The monoisotopic (exact) mass is 500 g/mol. The molecule has 188 valence electrons. The van der Waals surface area contributed by atoms with Crippen molar-refractivity contribution < 1.29 is 33.8 Å². The van der Waals surface area contributed by atoms with Crippen LogP contribution in [0.5, 0.6) is 11.5 Å². The highest BCUT2D eigenvalue weighted by Crippen LogP contribution is 2.31. The predicted octanol–water partition coefficient (Wildman–Crippen LogP) is 4.26. The van der Waals surface area contributed by atoms with E-state index in [0.717, 1.165) is 21.6 Å². The van der Waals surface area contributed by atoms with Gasteiger partial charge in [-0.25, -0.2) is 14.5 Å². The highest BCUT2D eigenvalue weighted by molar-refractivity contribution is 6.39. The molecular weight excluding hydrogens is 476 g/mol. The number of carbonyl (C=O) groups is 4. The van der Waals surface area contributed by atoms with Gasteiger partial charge >= 0.3 is 12.0 Å². The molecule has 1 heterocycles. The van der Waals surface area contributed by atoms with Crippen LogP contribution in [0.15, 0.2) is 66.2 Å². The van der Waals surface area contributed by atoms with Crippen molar-refractivity contribution in [2.45, 2.75) is 20.5 Å². The van der Waals surface area contributed by atoms with E-state index in [1.54, 1.807) is 48.5 Å². The van der Waals surface area contributed by atoms with Crippen molar-refractivity contribution >= 4 is 35.6 Å². The lowest BCUT2D eigenvalue weighted by Gasteiger charge is -2.26. The minimum Gasteiger partial charge on any atom is -0.493 e. The minimum absolute atomic E-state index is 0.171. The number of rotatable bonds is 7. The molecular formula is C28H24N2O7. The molecule has 2 N–H and O–H groups in total. The molecule has 3 aromatic carbocycles. The maximum absolute atomic E-state index is 13.2. The summed E-state index contributed by atoms with van der Waals surface area (Å²) in [5.74, 6) is -1.76. The second-order valence-corrected chi connectivity index (χ2v) is 8.43. The largest absolute Gasteiger partial charge is 0.493 e. The lowest BCUT2D eigenvalue weighted by Crippen LogP contribution is -2.54. The smallest absolute Gasteiger partial charge is 0.335 e. The van der Waals surface area contributed by atoms with E-state index in [2.05, 4.69) is 5.32 Å². The van der Waals surface area contributed by atoms with E-state index in [4.69, 9.17) is 14.6 Å². The number of carboxylic acid groups (broad SMARTS) is 1. The van der Waals surface area contributed by atoms with Crippen LogP contribution in [0.25, 0.3) is 6.08 Å². The number of urea groups is 1. The number of nitrogens with one attached hydrogen (secondary N) is 1. The van der Waals surface area contributed by atoms with E-state index < -0.39 is 23.8 Å². The summed E-state index contributed by atoms with van der Waals surface area (Å²) in [6.45, 7) is 3.96. The Labute approximate surface area is 212 Å². The van der Waals surface area contributed by atoms with Crippen molar-refractivity contribution in [2.24, 2.45) is 0 Å². The van der Waals surface area contributed by atoms with Crippen LogP contribution in [0.3, 0.4) is 0 Å². The molecule has 37 heavy (non-hydrogen) atoms. The van der Waals surface area contributed by atoms with E-state index in [-0.39, 0.29) is 17.7 Å². The number of aromatic carboxylic acids is 1. The number of carbonyl (C=O) groups excluding carboxylic acids is 3. The van der Waals surface area contributed by atoms with E-state index in [0.29, 0.717) is 22.7 Å². The zero-order valence-corrected chi connectivity index (χ0v) is 20.4. The van der Waals surface area contributed by atoms with Gasteiger partial charge < -0.3 is 14.6 Å². The number of hydrogen-bond donors (Lipinski definition) is 2. The Balaban J connectivity index is 1.57. The average molecular weight is 501 g/mol. The van der Waals surface area contributed by atoms with Crippen LogP contribution in [0.4, 0.5) is 10.5 Å². The fourth-order valence-electron chi connectivity index (χ4n) is 3.72. The maximum atomic E-state index is 13.2. The first-order valence-corrected chi connectivity index (χ1v) is 11.3. The normalized spacial score (nSPS) is 14.5. The number of methoxy groups -OCH3 is 1. The van der Waals surface area contributed by atoms with Crippen molar-refractivity contribution in [3.05, 3.63) is 94.1 Å². The van der Waals surface area contributed by atoms with Crippen molar-refractivity contribution in [3.63, 3.8) is 0 Å². The van der Waals surface area contributed by atoms with E-state index in [9.17, 15) is 19.2 Å². The quantitative estimate of drug-likeness (QED) is 0.367. The number of ether oxygens (including phenoxy) is 2. The second kappa shape index (κ2) is 10.4. The van der Waals surface area contributed by atoms with Crippen molar-refractivity contribution in [1.29, 1.82) is 0 Å². The number of imide groups is 2. The second-order valence-electron chi connectivity index (χ2n) is 8.43. The first kappa shape index (κ1) is 25.2. The van der Waals surface area contributed by atoms with Crippen LogP contribution in [-0.4, -0.2) is 36.0 Å². The Bertz CT molecular complexity index is 1440. The summed E-state index contributed by atoms with van der Waals surface area (Å²) >= 11 is 0. The topological polar surface area (TPSA) is 122 Å². The standard InChI is InChI=1S/C28H24N2O7/c1-16-4-10-21(12-17(16)2)30-26(32)22(25(31)29-28(30)35)13-19-7-11-23(24(14-19)36-3)37-15-18-5-8-20(9-6-18)27(33)34/h4-14H,15H2,1-3H3,(H,33,34)(H,29,31,35)/b22-13-. The van der Waals surface area contributed by atoms with Crippen LogP contribution in [0.2, 0.25) is 0 Å². The molecule has 4 amide bonds. The molecule has 1 fully saturated rings.